The minimum Gasteiger partial charge on any atom is -0.356 e. The first-order chi connectivity index (χ1) is 9.31. The van der Waals surface area contributed by atoms with Crippen LogP contribution in [0.4, 0.5) is 0 Å². The molecule has 0 saturated heterocycles. The van der Waals surface area contributed by atoms with Crippen LogP contribution in [0.5, 0.6) is 0 Å². The highest BCUT2D eigenvalue weighted by Gasteiger charge is 2.15. The first-order valence-electron chi connectivity index (χ1n) is 7.22. The highest BCUT2D eigenvalue weighted by Crippen LogP contribution is 2.17. The summed E-state index contributed by atoms with van der Waals surface area (Å²) in [5, 5.41) is 10.3. The van der Waals surface area contributed by atoms with Gasteiger partial charge in [0.2, 0.25) is 0 Å². The third-order valence-electron chi connectivity index (χ3n) is 3.49. The molecule has 1 aromatic rings. The molecule has 0 amide bonds. The molecule has 0 bridgehead atoms. The fourth-order valence-electron chi connectivity index (χ4n) is 2.39. The Bertz CT molecular complexity index is 407. The Morgan fingerprint density at radius 3 is 2.89 bits per heavy atom. The van der Waals surface area contributed by atoms with Crippen LogP contribution in [0.3, 0.4) is 0 Å². The van der Waals surface area contributed by atoms with Gasteiger partial charge >= 0.3 is 0 Å². The van der Waals surface area contributed by atoms with Crippen molar-refractivity contribution in [1.82, 2.24) is 15.6 Å². The molecule has 0 aliphatic heterocycles. The lowest BCUT2D eigenvalue weighted by Crippen LogP contribution is -2.43. The number of aliphatic imine (C=N–C) groups is 1. The van der Waals surface area contributed by atoms with Crippen LogP contribution in [0.2, 0.25) is 0 Å². The van der Waals surface area contributed by atoms with Gasteiger partial charge in [-0.1, -0.05) is 19.8 Å². The first kappa shape index (κ1) is 14.3. The number of nitrogens with one attached hydrogen (secondary N) is 2. The van der Waals surface area contributed by atoms with E-state index < -0.39 is 0 Å². The Labute approximate surface area is 119 Å². The fraction of sp³-hybridized carbons (Fsp3) is 0.714. The van der Waals surface area contributed by atoms with Crippen LogP contribution in [-0.4, -0.2) is 30.6 Å². The van der Waals surface area contributed by atoms with Crippen molar-refractivity contribution in [3.8, 4) is 0 Å². The molecule has 106 valence electrons. The molecule has 4 nitrogen and oxygen atoms in total. The Hall–Kier alpha value is -1.10. The second-order valence-corrected chi connectivity index (χ2v) is 5.90. The smallest absolute Gasteiger partial charge is 0.191 e. The highest BCUT2D eigenvalue weighted by atomic mass is 32.1. The summed E-state index contributed by atoms with van der Waals surface area (Å²) in [6, 6.07) is 0.608. The number of hydrogen-bond acceptors (Lipinski definition) is 3. The summed E-state index contributed by atoms with van der Waals surface area (Å²) in [7, 11) is 1.84. The Balaban J connectivity index is 1.70. The van der Waals surface area contributed by atoms with Crippen molar-refractivity contribution >= 4 is 17.3 Å². The van der Waals surface area contributed by atoms with Gasteiger partial charge in [0.25, 0.3) is 0 Å². The molecule has 19 heavy (non-hydrogen) atoms. The molecule has 1 aliphatic carbocycles. The topological polar surface area (TPSA) is 49.3 Å². The van der Waals surface area contributed by atoms with E-state index in [1.807, 2.05) is 7.05 Å². The van der Waals surface area contributed by atoms with E-state index in [0.29, 0.717) is 6.04 Å². The van der Waals surface area contributed by atoms with Crippen LogP contribution in [0.15, 0.2) is 10.4 Å². The van der Waals surface area contributed by atoms with Crippen molar-refractivity contribution in [1.29, 1.82) is 0 Å². The Morgan fingerprint density at radius 2 is 2.26 bits per heavy atom. The average molecular weight is 280 g/mol. The average Bonchev–Trinajstić information content (AvgIpc) is 3.08. The number of aromatic nitrogens is 1. The van der Waals surface area contributed by atoms with E-state index in [1.54, 1.807) is 11.3 Å². The van der Waals surface area contributed by atoms with Crippen LogP contribution in [0.1, 0.15) is 43.3 Å². The van der Waals surface area contributed by atoms with Crippen molar-refractivity contribution in [3.63, 3.8) is 0 Å². The first-order valence-corrected chi connectivity index (χ1v) is 8.10. The van der Waals surface area contributed by atoms with Crippen molar-refractivity contribution in [2.75, 3.05) is 13.6 Å². The molecule has 1 saturated carbocycles. The fourth-order valence-corrected chi connectivity index (χ4v) is 3.17. The van der Waals surface area contributed by atoms with E-state index in [0.717, 1.165) is 25.3 Å². The summed E-state index contributed by atoms with van der Waals surface area (Å²) in [6.45, 7) is 3.04. The molecule has 5 heteroatoms. The van der Waals surface area contributed by atoms with E-state index in [4.69, 9.17) is 0 Å². The van der Waals surface area contributed by atoms with Gasteiger partial charge < -0.3 is 10.6 Å². The molecule has 2 rings (SSSR count). The largest absolute Gasteiger partial charge is 0.356 e. The minimum absolute atomic E-state index is 0.608. The van der Waals surface area contributed by atoms with E-state index in [2.05, 4.69) is 32.9 Å². The van der Waals surface area contributed by atoms with E-state index >= 15 is 0 Å². The molecule has 1 aromatic heterocycles. The normalized spacial score (nSPS) is 16.8. The van der Waals surface area contributed by atoms with Crippen molar-refractivity contribution in [2.24, 2.45) is 4.99 Å². The van der Waals surface area contributed by atoms with Crippen LogP contribution >= 0.6 is 11.3 Å². The molecule has 0 unspecified atom stereocenters. The summed E-state index contributed by atoms with van der Waals surface area (Å²) in [5.41, 5.74) is 1.19. The lowest BCUT2D eigenvalue weighted by molar-refractivity contribution is 0.613. The molecule has 1 aliphatic rings. The quantitative estimate of drug-likeness (QED) is 0.643. The van der Waals surface area contributed by atoms with Crippen LogP contribution in [0, 0.1) is 0 Å². The number of aryl methyl sites for hydroxylation is 1. The zero-order chi connectivity index (χ0) is 13.5. The van der Waals surface area contributed by atoms with Gasteiger partial charge in [-0.05, 0) is 19.3 Å². The van der Waals surface area contributed by atoms with Gasteiger partial charge in [0.15, 0.2) is 5.96 Å². The lowest BCUT2D eigenvalue weighted by Gasteiger charge is -2.16. The maximum absolute atomic E-state index is 4.57. The SMILES string of the molecule is CCc1nc(CCNC(=NC)NC2CCCC2)cs1. The van der Waals surface area contributed by atoms with E-state index in [1.165, 1.54) is 36.4 Å². The monoisotopic (exact) mass is 280 g/mol. The summed E-state index contributed by atoms with van der Waals surface area (Å²) < 4.78 is 0. The summed E-state index contributed by atoms with van der Waals surface area (Å²) >= 11 is 1.76. The molecule has 0 aromatic carbocycles. The summed E-state index contributed by atoms with van der Waals surface area (Å²) in [4.78, 5) is 8.85. The molecular weight excluding hydrogens is 256 g/mol. The van der Waals surface area contributed by atoms with Gasteiger partial charge in [-0.2, -0.15) is 0 Å². The molecule has 0 spiro atoms. The summed E-state index contributed by atoms with van der Waals surface area (Å²) in [5.74, 6) is 0.929. The van der Waals surface area contributed by atoms with Crippen LogP contribution < -0.4 is 10.6 Å². The number of thiazole rings is 1. The van der Waals surface area contributed by atoms with Gasteiger partial charge in [-0.15, -0.1) is 11.3 Å². The second-order valence-electron chi connectivity index (χ2n) is 4.96. The predicted molar refractivity (Wildman–Crippen MR) is 81.9 cm³/mol. The van der Waals surface area contributed by atoms with Gasteiger partial charge in [-0.25, -0.2) is 4.98 Å². The standard InChI is InChI=1S/C14H24N4S/c1-3-13-17-12(10-19-13)8-9-16-14(15-2)18-11-6-4-5-7-11/h10-11H,3-9H2,1-2H3,(H2,15,16,18). The predicted octanol–water partition coefficient (Wildman–Crippen LogP) is 2.36. The Morgan fingerprint density at radius 1 is 1.47 bits per heavy atom. The highest BCUT2D eigenvalue weighted by molar-refractivity contribution is 7.09. The minimum atomic E-state index is 0.608. The third kappa shape index (κ3) is 4.49. The van der Waals surface area contributed by atoms with E-state index in [-0.39, 0.29) is 0 Å². The zero-order valence-corrected chi connectivity index (χ0v) is 12.7. The molecule has 1 fully saturated rings. The van der Waals surface area contributed by atoms with Gasteiger partial charge in [0.05, 0.1) is 10.7 Å². The third-order valence-corrected chi connectivity index (χ3v) is 4.54. The van der Waals surface area contributed by atoms with Crippen LogP contribution in [0.25, 0.3) is 0 Å². The maximum atomic E-state index is 4.57. The van der Waals surface area contributed by atoms with Gasteiger partial charge in [0, 0.05) is 31.4 Å². The van der Waals surface area contributed by atoms with E-state index in [9.17, 15) is 0 Å². The number of rotatable bonds is 5. The number of nitrogens with zero attached hydrogens (tertiary/aromatic N) is 2. The van der Waals surface area contributed by atoms with Gasteiger partial charge in [-0.3, -0.25) is 4.99 Å². The van der Waals surface area contributed by atoms with Gasteiger partial charge in [0.1, 0.15) is 0 Å². The molecule has 2 N–H and O–H groups in total. The summed E-state index contributed by atoms with van der Waals surface area (Å²) in [6.07, 6.45) is 7.21. The maximum Gasteiger partial charge on any atom is 0.191 e. The second kappa shape index (κ2) is 7.48. The number of guanidine groups is 1. The van der Waals surface area contributed by atoms with Crippen molar-refractivity contribution < 1.29 is 0 Å². The molecule has 0 radical (unpaired) electrons. The molecule has 0 atom stereocenters. The van der Waals surface area contributed by atoms with Crippen molar-refractivity contribution in [3.05, 3.63) is 16.1 Å². The molecule has 1 heterocycles. The molecular formula is C14H24N4S. The zero-order valence-electron chi connectivity index (χ0n) is 11.9. The number of hydrogen-bond donors (Lipinski definition) is 2. The Kier molecular flexibility index (Phi) is 5.63. The lowest BCUT2D eigenvalue weighted by atomic mass is 10.2. The van der Waals surface area contributed by atoms with Crippen molar-refractivity contribution in [2.45, 2.75) is 51.5 Å². The van der Waals surface area contributed by atoms with Crippen LogP contribution in [-0.2, 0) is 12.8 Å².